The normalized spacial score (nSPS) is 12.7. The monoisotopic (exact) mass is 369 g/mol. The number of fused-ring (bicyclic) bond motifs is 1. The molecule has 0 aliphatic carbocycles. The molecule has 1 N–H and O–H groups in total. The van der Waals surface area contributed by atoms with Crippen LogP contribution in [-0.2, 0) is 6.54 Å². The Balaban J connectivity index is 2.12. The third-order valence-electron chi connectivity index (χ3n) is 4.35. The van der Waals surface area contributed by atoms with Crippen LogP contribution in [0.3, 0.4) is 0 Å². The van der Waals surface area contributed by atoms with Gasteiger partial charge in [-0.15, -0.1) is 0 Å². The molecule has 0 fully saturated rings. The molecular formula is C21H24ClN3O. The molecule has 3 aromatic rings. The Morgan fingerprint density at radius 3 is 2.54 bits per heavy atom. The van der Waals surface area contributed by atoms with Crippen LogP contribution in [0.4, 0.5) is 0 Å². The van der Waals surface area contributed by atoms with E-state index in [1.54, 1.807) is 22.8 Å². The predicted molar refractivity (Wildman–Crippen MR) is 108 cm³/mol. The van der Waals surface area contributed by atoms with Crippen LogP contribution in [0.1, 0.15) is 38.2 Å². The zero-order valence-electron chi connectivity index (χ0n) is 15.4. The van der Waals surface area contributed by atoms with E-state index < -0.39 is 0 Å². The van der Waals surface area contributed by atoms with Crippen LogP contribution in [-0.4, -0.2) is 16.1 Å². The van der Waals surface area contributed by atoms with Gasteiger partial charge in [-0.3, -0.25) is 9.36 Å². The van der Waals surface area contributed by atoms with Gasteiger partial charge in [0.2, 0.25) is 0 Å². The predicted octanol–water partition coefficient (Wildman–Crippen LogP) is 4.40. The summed E-state index contributed by atoms with van der Waals surface area (Å²) in [4.78, 5) is 17.9. The zero-order valence-corrected chi connectivity index (χ0v) is 16.1. The van der Waals surface area contributed by atoms with Gasteiger partial charge < -0.3 is 5.32 Å². The first-order valence-electron chi connectivity index (χ1n) is 8.93. The maximum Gasteiger partial charge on any atom is 0.261 e. The Morgan fingerprint density at radius 2 is 1.85 bits per heavy atom. The molecule has 4 nitrogen and oxygen atoms in total. The Labute approximate surface area is 158 Å². The van der Waals surface area contributed by atoms with E-state index in [2.05, 4.69) is 19.2 Å². The van der Waals surface area contributed by atoms with Crippen LogP contribution < -0.4 is 10.9 Å². The minimum Gasteiger partial charge on any atom is -0.307 e. The second-order valence-electron chi connectivity index (χ2n) is 7.03. The summed E-state index contributed by atoms with van der Waals surface area (Å²) in [5.41, 5.74) is 1.67. The number of hydrogen-bond donors (Lipinski definition) is 1. The molecule has 1 aromatic heterocycles. The van der Waals surface area contributed by atoms with Crippen molar-refractivity contribution in [1.29, 1.82) is 0 Å². The van der Waals surface area contributed by atoms with E-state index >= 15 is 0 Å². The van der Waals surface area contributed by atoms with E-state index in [1.807, 2.05) is 37.3 Å². The Hall–Kier alpha value is -2.17. The van der Waals surface area contributed by atoms with Gasteiger partial charge in [-0.25, -0.2) is 4.98 Å². The second kappa shape index (κ2) is 8.02. The molecule has 0 bridgehead atoms. The number of hydrogen-bond acceptors (Lipinski definition) is 3. The molecule has 136 valence electrons. The molecule has 1 atom stereocenters. The summed E-state index contributed by atoms with van der Waals surface area (Å²) in [5.74, 6) is 1.25. The summed E-state index contributed by atoms with van der Waals surface area (Å²) in [6.45, 7) is 7.71. The van der Waals surface area contributed by atoms with Gasteiger partial charge in [-0.05, 0) is 43.1 Å². The van der Waals surface area contributed by atoms with Gasteiger partial charge in [0.25, 0.3) is 5.56 Å². The highest BCUT2D eigenvalue weighted by Crippen LogP contribution is 2.19. The first kappa shape index (κ1) is 18.6. The molecule has 3 rings (SSSR count). The molecule has 0 amide bonds. The Kier molecular flexibility index (Phi) is 5.74. The topological polar surface area (TPSA) is 46.9 Å². The van der Waals surface area contributed by atoms with Crippen molar-refractivity contribution in [2.24, 2.45) is 5.92 Å². The largest absolute Gasteiger partial charge is 0.307 e. The molecule has 0 radical (unpaired) electrons. The minimum atomic E-state index is -0.0443. The van der Waals surface area contributed by atoms with Gasteiger partial charge >= 0.3 is 0 Å². The third kappa shape index (κ3) is 4.14. The van der Waals surface area contributed by atoms with Crippen molar-refractivity contribution in [2.75, 3.05) is 6.54 Å². The highest BCUT2D eigenvalue weighted by Gasteiger charge is 2.17. The summed E-state index contributed by atoms with van der Waals surface area (Å²) in [6.07, 6.45) is 0. The average Bonchev–Trinajstić information content (AvgIpc) is 2.62. The van der Waals surface area contributed by atoms with E-state index in [1.165, 1.54) is 0 Å². The molecule has 5 heteroatoms. The molecule has 2 aromatic carbocycles. The first-order valence-corrected chi connectivity index (χ1v) is 9.31. The van der Waals surface area contributed by atoms with E-state index in [9.17, 15) is 4.79 Å². The van der Waals surface area contributed by atoms with Gasteiger partial charge in [-0.1, -0.05) is 55.8 Å². The smallest absolute Gasteiger partial charge is 0.261 e. The first-order chi connectivity index (χ1) is 12.5. The Bertz CT molecular complexity index is 951. The summed E-state index contributed by atoms with van der Waals surface area (Å²) in [7, 11) is 0. The van der Waals surface area contributed by atoms with Crippen molar-refractivity contribution in [3.8, 4) is 0 Å². The molecule has 0 saturated carbocycles. The number of nitrogens with one attached hydrogen (secondary N) is 1. The lowest BCUT2D eigenvalue weighted by Crippen LogP contribution is -2.32. The SMILES string of the molecule is CC(C)CNC(C)c1nc2cc(Cl)ccc2c(=O)n1Cc1ccccc1. The van der Waals surface area contributed by atoms with Gasteiger partial charge in [-0.2, -0.15) is 0 Å². The van der Waals surface area contributed by atoms with Crippen LogP contribution in [0.15, 0.2) is 53.3 Å². The van der Waals surface area contributed by atoms with Gasteiger partial charge in [0.05, 0.1) is 23.5 Å². The van der Waals surface area contributed by atoms with Crippen LogP contribution in [0.2, 0.25) is 5.02 Å². The number of rotatable bonds is 6. The van der Waals surface area contributed by atoms with E-state index in [4.69, 9.17) is 16.6 Å². The zero-order chi connectivity index (χ0) is 18.7. The fourth-order valence-electron chi connectivity index (χ4n) is 2.96. The second-order valence-corrected chi connectivity index (χ2v) is 7.47. The average molecular weight is 370 g/mol. The highest BCUT2D eigenvalue weighted by molar-refractivity contribution is 6.31. The fraction of sp³-hybridized carbons (Fsp3) is 0.333. The van der Waals surface area contributed by atoms with Crippen molar-refractivity contribution in [2.45, 2.75) is 33.4 Å². The minimum absolute atomic E-state index is 0.0382. The molecule has 0 aliphatic heterocycles. The van der Waals surface area contributed by atoms with Crippen molar-refractivity contribution >= 4 is 22.5 Å². The lowest BCUT2D eigenvalue weighted by Gasteiger charge is -2.20. The maximum atomic E-state index is 13.2. The van der Waals surface area contributed by atoms with E-state index in [0.717, 1.165) is 17.9 Å². The summed E-state index contributed by atoms with van der Waals surface area (Å²) in [5, 5.41) is 4.65. The number of aromatic nitrogens is 2. The number of halogens is 1. The lowest BCUT2D eigenvalue weighted by molar-refractivity contribution is 0.463. The maximum absolute atomic E-state index is 13.2. The quantitative estimate of drug-likeness (QED) is 0.700. The number of nitrogens with zero attached hydrogens (tertiary/aromatic N) is 2. The Morgan fingerprint density at radius 1 is 1.12 bits per heavy atom. The van der Waals surface area contributed by atoms with Crippen molar-refractivity contribution in [1.82, 2.24) is 14.9 Å². The van der Waals surface area contributed by atoms with E-state index in [-0.39, 0.29) is 11.6 Å². The summed E-state index contributed by atoms with van der Waals surface area (Å²) >= 11 is 6.11. The number of benzene rings is 2. The molecule has 0 spiro atoms. The molecular weight excluding hydrogens is 346 g/mol. The molecule has 1 heterocycles. The van der Waals surface area contributed by atoms with E-state index in [0.29, 0.717) is 28.4 Å². The van der Waals surface area contributed by atoms with Gasteiger partial charge in [0.1, 0.15) is 5.82 Å². The van der Waals surface area contributed by atoms with Gasteiger partial charge in [0.15, 0.2) is 0 Å². The van der Waals surface area contributed by atoms with Crippen LogP contribution in [0.5, 0.6) is 0 Å². The standard InChI is InChI=1S/C21H24ClN3O/c1-14(2)12-23-15(3)20-24-19-11-17(22)9-10-18(19)21(26)25(20)13-16-7-5-4-6-8-16/h4-11,14-15,23H,12-13H2,1-3H3. The summed E-state index contributed by atoms with van der Waals surface area (Å²) in [6, 6.07) is 15.2. The molecule has 26 heavy (non-hydrogen) atoms. The molecule has 1 unspecified atom stereocenters. The third-order valence-corrected chi connectivity index (χ3v) is 4.59. The molecule has 0 saturated heterocycles. The fourth-order valence-corrected chi connectivity index (χ4v) is 3.13. The molecule has 0 aliphatic rings. The van der Waals surface area contributed by atoms with Crippen LogP contribution in [0, 0.1) is 5.92 Å². The lowest BCUT2D eigenvalue weighted by atomic mass is 10.1. The van der Waals surface area contributed by atoms with Crippen LogP contribution in [0.25, 0.3) is 10.9 Å². The van der Waals surface area contributed by atoms with Crippen LogP contribution >= 0.6 is 11.6 Å². The van der Waals surface area contributed by atoms with Crippen molar-refractivity contribution in [3.63, 3.8) is 0 Å². The summed E-state index contributed by atoms with van der Waals surface area (Å²) < 4.78 is 1.77. The van der Waals surface area contributed by atoms with Crippen molar-refractivity contribution < 1.29 is 0 Å². The van der Waals surface area contributed by atoms with Gasteiger partial charge in [0, 0.05) is 5.02 Å². The van der Waals surface area contributed by atoms with Crippen molar-refractivity contribution in [3.05, 3.63) is 75.3 Å². The highest BCUT2D eigenvalue weighted by atomic mass is 35.5.